The van der Waals surface area contributed by atoms with Gasteiger partial charge in [0.25, 0.3) is 5.91 Å². The first-order chi connectivity index (χ1) is 18.1. The van der Waals surface area contributed by atoms with E-state index in [1.165, 1.54) is 11.6 Å². The number of benzene rings is 4. The van der Waals surface area contributed by atoms with Gasteiger partial charge in [0.2, 0.25) is 0 Å². The van der Waals surface area contributed by atoms with Crippen LogP contribution in [0.25, 0.3) is 44.3 Å². The van der Waals surface area contributed by atoms with Crippen LogP contribution in [-0.4, -0.2) is 38.6 Å². The van der Waals surface area contributed by atoms with Crippen LogP contribution in [0.1, 0.15) is 43.1 Å². The Hall–Kier alpha value is -4.65. The van der Waals surface area contributed by atoms with Crippen LogP contribution in [0.4, 0.5) is 0 Å². The average molecular weight is 508 g/mol. The maximum absolute atomic E-state index is 12.5. The van der Waals surface area contributed by atoms with Crippen molar-refractivity contribution in [2.75, 3.05) is 6.54 Å². The second-order valence-corrected chi connectivity index (χ2v) is 10.4. The molecule has 5 rings (SSSR count). The van der Waals surface area contributed by atoms with Crippen molar-refractivity contribution in [3.05, 3.63) is 83.9 Å². The molecular weight excluding hydrogens is 478 g/mol. The van der Waals surface area contributed by atoms with E-state index in [1.54, 1.807) is 6.07 Å². The summed E-state index contributed by atoms with van der Waals surface area (Å²) < 4.78 is 0. The van der Waals surface area contributed by atoms with E-state index < -0.39 is 11.9 Å². The third-order valence-electron chi connectivity index (χ3n) is 6.65. The molecule has 1 heterocycles. The van der Waals surface area contributed by atoms with Gasteiger partial charge in [0.15, 0.2) is 0 Å². The Bertz CT molecular complexity index is 1680. The van der Waals surface area contributed by atoms with Crippen LogP contribution in [0.3, 0.4) is 0 Å². The van der Waals surface area contributed by atoms with Crippen molar-refractivity contribution in [1.29, 1.82) is 0 Å². The second-order valence-electron chi connectivity index (χ2n) is 10.4. The van der Waals surface area contributed by atoms with Crippen molar-refractivity contribution in [3.63, 3.8) is 0 Å². The Labute approximate surface area is 220 Å². The summed E-state index contributed by atoms with van der Waals surface area (Å²) in [7, 11) is 0. The molecule has 5 aromatic rings. The molecule has 0 aliphatic rings. The summed E-state index contributed by atoms with van der Waals surface area (Å²) >= 11 is 0. The van der Waals surface area contributed by atoms with Gasteiger partial charge in [-0.25, -0.2) is 4.98 Å². The van der Waals surface area contributed by atoms with E-state index in [4.69, 9.17) is 10.1 Å². The van der Waals surface area contributed by atoms with Crippen molar-refractivity contribution in [2.24, 2.45) is 0 Å². The van der Waals surface area contributed by atoms with Gasteiger partial charge in [-0.1, -0.05) is 69.3 Å². The number of aromatic nitrogens is 2. The minimum Gasteiger partial charge on any atom is -0.507 e. The number of nitrogens with zero attached hydrogens (tertiary/aromatic N) is 1. The molecule has 0 saturated carbocycles. The number of amides is 1. The third-order valence-corrected chi connectivity index (χ3v) is 6.65. The molecule has 7 heteroatoms. The number of carbonyl (C=O) groups excluding carboxylic acids is 1. The van der Waals surface area contributed by atoms with Crippen molar-refractivity contribution < 1.29 is 19.8 Å². The second kappa shape index (κ2) is 9.67. The van der Waals surface area contributed by atoms with Crippen LogP contribution in [-0.2, 0) is 10.2 Å². The minimum atomic E-state index is -0.993. The van der Waals surface area contributed by atoms with Gasteiger partial charge in [-0.3, -0.25) is 9.59 Å². The number of fused-ring (bicyclic) bond motifs is 3. The van der Waals surface area contributed by atoms with Crippen molar-refractivity contribution >= 4 is 33.7 Å². The van der Waals surface area contributed by atoms with Gasteiger partial charge in [0.1, 0.15) is 17.1 Å². The summed E-state index contributed by atoms with van der Waals surface area (Å²) in [5, 5.41) is 23.4. The van der Waals surface area contributed by atoms with Crippen molar-refractivity contribution in [1.82, 2.24) is 15.3 Å². The number of carbonyl (C=O) groups is 2. The normalized spacial score (nSPS) is 11.7. The zero-order valence-corrected chi connectivity index (χ0v) is 21.5. The molecule has 4 aromatic carbocycles. The molecule has 0 aliphatic carbocycles. The van der Waals surface area contributed by atoms with E-state index in [0.717, 1.165) is 22.2 Å². The highest BCUT2D eigenvalue weighted by Gasteiger charge is 2.16. The van der Waals surface area contributed by atoms with Gasteiger partial charge < -0.3 is 20.5 Å². The number of carboxylic acids is 1. The fourth-order valence-electron chi connectivity index (χ4n) is 4.57. The van der Waals surface area contributed by atoms with Gasteiger partial charge in [-0.05, 0) is 51.8 Å². The molecule has 0 radical (unpaired) electrons. The quantitative estimate of drug-likeness (QED) is 0.217. The number of carboxylic acid groups (broad SMARTS) is 1. The molecule has 0 spiro atoms. The lowest BCUT2D eigenvalue weighted by Gasteiger charge is -2.19. The number of H-pyrrole nitrogens is 1. The van der Waals surface area contributed by atoms with Crippen LogP contribution in [0.2, 0.25) is 0 Å². The highest BCUT2D eigenvalue weighted by Crippen LogP contribution is 2.35. The van der Waals surface area contributed by atoms with Crippen LogP contribution in [0.5, 0.6) is 5.75 Å². The molecule has 7 nitrogen and oxygen atoms in total. The molecule has 0 aliphatic heterocycles. The molecule has 4 N–H and O–H groups in total. The lowest BCUT2D eigenvalue weighted by molar-refractivity contribution is -0.136. The SMILES string of the molecule is CC(C)(C)c1ccc(-c2cccc(-c3nc4c(ccc5cc(C(=O)NCCC(=O)O)cc(O)c54)[nH]3)c2)cc1. The summed E-state index contributed by atoms with van der Waals surface area (Å²) in [4.78, 5) is 31.3. The molecular formula is C31H29N3O4. The fourth-order valence-corrected chi connectivity index (χ4v) is 4.57. The summed E-state index contributed by atoms with van der Waals surface area (Å²) in [5.41, 5.74) is 6.11. The Morgan fingerprint density at radius 3 is 2.37 bits per heavy atom. The summed E-state index contributed by atoms with van der Waals surface area (Å²) in [5.74, 6) is -0.830. The first-order valence-electron chi connectivity index (χ1n) is 12.5. The number of rotatable bonds is 6. The largest absolute Gasteiger partial charge is 0.507 e. The van der Waals surface area contributed by atoms with Gasteiger partial charge >= 0.3 is 5.97 Å². The first-order valence-corrected chi connectivity index (χ1v) is 12.5. The number of phenols is 1. The molecule has 0 saturated heterocycles. The topological polar surface area (TPSA) is 115 Å². The number of hydrogen-bond acceptors (Lipinski definition) is 4. The predicted octanol–water partition coefficient (Wildman–Crippen LogP) is 6.26. The predicted molar refractivity (Wildman–Crippen MR) is 149 cm³/mol. The monoisotopic (exact) mass is 507 g/mol. The molecule has 0 bridgehead atoms. The zero-order valence-electron chi connectivity index (χ0n) is 21.5. The lowest BCUT2D eigenvalue weighted by atomic mass is 9.86. The van der Waals surface area contributed by atoms with Gasteiger partial charge in [0, 0.05) is 17.7 Å². The number of aliphatic carboxylic acids is 1. The zero-order chi connectivity index (χ0) is 27.0. The molecule has 1 aromatic heterocycles. The summed E-state index contributed by atoms with van der Waals surface area (Å²) in [6, 6.07) is 23.5. The number of aromatic amines is 1. The van der Waals surface area contributed by atoms with E-state index in [0.29, 0.717) is 22.1 Å². The van der Waals surface area contributed by atoms with Crippen LogP contribution in [0.15, 0.2) is 72.8 Å². The van der Waals surface area contributed by atoms with Crippen LogP contribution < -0.4 is 5.32 Å². The molecule has 38 heavy (non-hydrogen) atoms. The molecule has 0 atom stereocenters. The maximum atomic E-state index is 12.5. The van der Waals surface area contributed by atoms with Gasteiger partial charge in [-0.15, -0.1) is 0 Å². The van der Waals surface area contributed by atoms with E-state index >= 15 is 0 Å². The number of imidazole rings is 1. The van der Waals surface area contributed by atoms with Gasteiger partial charge in [-0.2, -0.15) is 0 Å². The first kappa shape index (κ1) is 25.0. The molecule has 1 amide bonds. The Morgan fingerprint density at radius 1 is 0.921 bits per heavy atom. The van der Waals surface area contributed by atoms with Gasteiger partial charge in [0.05, 0.1) is 17.3 Å². The average Bonchev–Trinajstić information content (AvgIpc) is 3.32. The number of aromatic hydroxyl groups is 1. The maximum Gasteiger partial charge on any atom is 0.305 e. The van der Waals surface area contributed by atoms with Crippen LogP contribution >= 0.6 is 0 Å². The number of hydrogen-bond donors (Lipinski definition) is 4. The smallest absolute Gasteiger partial charge is 0.305 e. The van der Waals surface area contributed by atoms with E-state index in [9.17, 15) is 14.7 Å². The molecule has 0 unspecified atom stereocenters. The van der Waals surface area contributed by atoms with E-state index in [-0.39, 0.29) is 29.7 Å². The van der Waals surface area contributed by atoms with E-state index in [2.05, 4.69) is 67.5 Å². The molecule has 192 valence electrons. The Balaban J connectivity index is 1.48. The van der Waals surface area contributed by atoms with E-state index in [1.807, 2.05) is 24.3 Å². The Kier molecular flexibility index (Phi) is 6.36. The number of nitrogens with one attached hydrogen (secondary N) is 2. The lowest BCUT2D eigenvalue weighted by Crippen LogP contribution is -2.25. The summed E-state index contributed by atoms with van der Waals surface area (Å²) in [6.07, 6.45) is -0.175. The number of phenolic OH excluding ortho intramolecular Hbond substituents is 1. The third kappa shape index (κ3) is 4.95. The van der Waals surface area contributed by atoms with Crippen molar-refractivity contribution in [2.45, 2.75) is 32.6 Å². The fraction of sp³-hybridized carbons (Fsp3) is 0.194. The highest BCUT2D eigenvalue weighted by molar-refractivity contribution is 6.11. The highest BCUT2D eigenvalue weighted by atomic mass is 16.4. The minimum absolute atomic E-state index is 0.00846. The molecule has 0 fully saturated rings. The Morgan fingerprint density at radius 2 is 1.66 bits per heavy atom. The summed E-state index contributed by atoms with van der Waals surface area (Å²) in [6.45, 7) is 6.60. The standard InChI is InChI=1S/C31H29N3O4/c1-31(2,3)23-10-7-18(8-11-23)19-5-4-6-21(15-19)29-33-24-12-9-20-16-22(30(38)32-14-13-26(36)37)17-25(35)27(20)28(24)34-29/h4-12,15-17,35H,13-14H2,1-3H3,(H,32,38)(H,33,34)(H,36,37). The van der Waals surface area contributed by atoms with Crippen LogP contribution in [0, 0.1) is 0 Å². The van der Waals surface area contributed by atoms with Crippen molar-refractivity contribution in [3.8, 4) is 28.3 Å².